The minimum atomic E-state index is -2.98. The van der Waals surface area contributed by atoms with Gasteiger partial charge in [-0.3, -0.25) is 10.1 Å². The van der Waals surface area contributed by atoms with E-state index >= 15 is 0 Å². The number of carbonyl (C=O) groups excluding carboxylic acids is 2. The van der Waals surface area contributed by atoms with Gasteiger partial charge in [-0.2, -0.15) is 8.78 Å². The maximum Gasteiger partial charge on any atom is 0.387 e. The third-order valence-electron chi connectivity index (χ3n) is 3.43. The molecule has 138 valence electrons. The summed E-state index contributed by atoms with van der Waals surface area (Å²) in [5.74, 6) is -0.678. The largest absolute Gasteiger partial charge is 0.433 e. The summed E-state index contributed by atoms with van der Waals surface area (Å²) in [7, 11) is 0. The number of alkyl halides is 2. The predicted molar refractivity (Wildman–Crippen MR) is 93.1 cm³/mol. The number of amides is 3. The zero-order valence-electron chi connectivity index (χ0n) is 14.1. The molecular formula is C18H19F2N3O3. The molecular weight excluding hydrogens is 344 g/mol. The number of urea groups is 1. The van der Waals surface area contributed by atoms with E-state index in [9.17, 15) is 18.4 Å². The molecule has 3 N–H and O–H groups in total. The lowest BCUT2D eigenvalue weighted by molar-refractivity contribution is -0.118. The van der Waals surface area contributed by atoms with Crippen LogP contribution in [0.5, 0.6) is 5.75 Å². The number of rotatable bonds is 7. The second kappa shape index (κ2) is 9.36. The maximum absolute atomic E-state index is 12.4. The third-order valence-corrected chi connectivity index (χ3v) is 3.43. The minimum absolute atomic E-state index is 0.0682. The number of aryl methyl sites for hydroxylation is 1. The monoisotopic (exact) mass is 363 g/mol. The van der Waals surface area contributed by atoms with E-state index < -0.39 is 18.5 Å². The van der Waals surface area contributed by atoms with Gasteiger partial charge in [0, 0.05) is 6.54 Å². The Hall–Kier alpha value is -3.16. The molecule has 0 aromatic heterocycles. The highest BCUT2D eigenvalue weighted by Gasteiger charge is 2.13. The van der Waals surface area contributed by atoms with E-state index in [-0.39, 0.29) is 24.5 Å². The average molecular weight is 363 g/mol. The topological polar surface area (TPSA) is 79.5 Å². The summed E-state index contributed by atoms with van der Waals surface area (Å²) in [6.07, 6.45) is 0. The molecule has 2 rings (SSSR count). The van der Waals surface area contributed by atoms with Crippen molar-refractivity contribution in [2.75, 3.05) is 11.9 Å². The van der Waals surface area contributed by atoms with Crippen LogP contribution in [0.4, 0.5) is 19.3 Å². The van der Waals surface area contributed by atoms with Crippen LogP contribution in [0.1, 0.15) is 11.1 Å². The van der Waals surface area contributed by atoms with Crippen LogP contribution in [-0.4, -0.2) is 25.1 Å². The second-order valence-corrected chi connectivity index (χ2v) is 5.40. The number of carbonyl (C=O) groups is 2. The fourth-order valence-corrected chi connectivity index (χ4v) is 2.22. The average Bonchev–Trinajstić information content (AvgIpc) is 2.60. The molecule has 6 nitrogen and oxygen atoms in total. The van der Waals surface area contributed by atoms with Crippen LogP contribution in [0.25, 0.3) is 0 Å². The van der Waals surface area contributed by atoms with Crippen LogP contribution in [0, 0.1) is 6.92 Å². The Morgan fingerprint density at radius 2 is 1.81 bits per heavy atom. The SMILES string of the molecule is Cc1cccc(OC(F)F)c1NCC(=O)NC(=O)NCc1ccccc1. The van der Waals surface area contributed by atoms with Gasteiger partial charge < -0.3 is 15.4 Å². The zero-order valence-corrected chi connectivity index (χ0v) is 14.1. The normalized spacial score (nSPS) is 10.3. The molecule has 8 heteroatoms. The molecule has 0 atom stereocenters. The van der Waals surface area contributed by atoms with Gasteiger partial charge in [0.25, 0.3) is 0 Å². The summed E-state index contributed by atoms with van der Waals surface area (Å²) in [6, 6.07) is 13.2. The summed E-state index contributed by atoms with van der Waals surface area (Å²) in [5.41, 5.74) is 1.79. The molecule has 0 saturated heterocycles. The van der Waals surface area contributed by atoms with E-state index in [1.54, 1.807) is 19.1 Å². The van der Waals surface area contributed by atoms with Gasteiger partial charge in [0.15, 0.2) is 0 Å². The molecule has 0 unspecified atom stereocenters. The highest BCUT2D eigenvalue weighted by Crippen LogP contribution is 2.29. The van der Waals surface area contributed by atoms with Gasteiger partial charge >= 0.3 is 12.6 Å². The van der Waals surface area contributed by atoms with E-state index in [2.05, 4.69) is 20.7 Å². The molecule has 0 spiro atoms. The summed E-state index contributed by atoms with van der Waals surface area (Å²) in [5, 5.41) is 7.43. The Morgan fingerprint density at radius 3 is 2.50 bits per heavy atom. The van der Waals surface area contributed by atoms with Crippen molar-refractivity contribution in [2.24, 2.45) is 0 Å². The quantitative estimate of drug-likeness (QED) is 0.706. The summed E-state index contributed by atoms with van der Waals surface area (Å²) < 4.78 is 29.3. The maximum atomic E-state index is 12.4. The van der Waals surface area contributed by atoms with Crippen molar-refractivity contribution in [3.63, 3.8) is 0 Å². The molecule has 26 heavy (non-hydrogen) atoms. The van der Waals surface area contributed by atoms with Crippen LogP contribution in [0.3, 0.4) is 0 Å². The van der Waals surface area contributed by atoms with Gasteiger partial charge in [0.05, 0.1) is 12.2 Å². The fourth-order valence-electron chi connectivity index (χ4n) is 2.22. The number of nitrogens with one attached hydrogen (secondary N) is 3. The van der Waals surface area contributed by atoms with Crippen LogP contribution in [0.2, 0.25) is 0 Å². The third kappa shape index (κ3) is 6.04. The molecule has 0 aliphatic heterocycles. The van der Waals surface area contributed by atoms with Crippen molar-refractivity contribution in [1.82, 2.24) is 10.6 Å². The first kappa shape index (κ1) is 19.2. The molecule has 0 aliphatic rings. The van der Waals surface area contributed by atoms with Crippen LogP contribution < -0.4 is 20.7 Å². The Morgan fingerprint density at radius 1 is 1.08 bits per heavy atom. The number of ether oxygens (including phenoxy) is 1. The number of benzene rings is 2. The van der Waals surface area contributed by atoms with Crippen molar-refractivity contribution in [3.8, 4) is 5.75 Å². The van der Waals surface area contributed by atoms with Crippen molar-refractivity contribution in [3.05, 3.63) is 59.7 Å². The minimum Gasteiger partial charge on any atom is -0.433 e. The fraction of sp³-hybridized carbons (Fsp3) is 0.222. The number of hydrogen-bond donors (Lipinski definition) is 3. The van der Waals surface area contributed by atoms with E-state index in [0.717, 1.165) is 5.56 Å². The van der Waals surface area contributed by atoms with Gasteiger partial charge in [-0.05, 0) is 24.1 Å². The number of halogens is 2. The first-order valence-electron chi connectivity index (χ1n) is 7.85. The highest BCUT2D eigenvalue weighted by molar-refractivity contribution is 5.96. The Bertz CT molecular complexity index is 755. The molecule has 0 fully saturated rings. The van der Waals surface area contributed by atoms with Crippen molar-refractivity contribution >= 4 is 17.6 Å². The lowest BCUT2D eigenvalue weighted by atomic mass is 10.2. The predicted octanol–water partition coefficient (Wildman–Crippen LogP) is 3.03. The summed E-state index contributed by atoms with van der Waals surface area (Å²) >= 11 is 0. The number of anilines is 1. The van der Waals surface area contributed by atoms with Crippen molar-refractivity contribution < 1.29 is 23.1 Å². The van der Waals surface area contributed by atoms with E-state index in [1.807, 2.05) is 30.3 Å². The standard InChI is InChI=1S/C18H19F2N3O3/c1-12-6-5-9-14(26-17(19)20)16(12)21-11-15(24)23-18(25)22-10-13-7-3-2-4-8-13/h2-9,17,21H,10-11H2,1H3,(H2,22,23,24,25). The molecule has 0 radical (unpaired) electrons. The van der Waals surface area contributed by atoms with Gasteiger partial charge in [-0.15, -0.1) is 0 Å². The van der Waals surface area contributed by atoms with Gasteiger partial charge in [-0.1, -0.05) is 42.5 Å². The highest BCUT2D eigenvalue weighted by atomic mass is 19.3. The van der Waals surface area contributed by atoms with E-state index in [0.29, 0.717) is 5.56 Å². The Labute approximate surface area is 149 Å². The number of hydrogen-bond acceptors (Lipinski definition) is 4. The molecule has 2 aromatic rings. The van der Waals surface area contributed by atoms with Gasteiger partial charge in [0.2, 0.25) is 5.91 Å². The van der Waals surface area contributed by atoms with Crippen LogP contribution >= 0.6 is 0 Å². The zero-order chi connectivity index (χ0) is 18.9. The molecule has 2 aromatic carbocycles. The van der Waals surface area contributed by atoms with Gasteiger partial charge in [0.1, 0.15) is 5.75 Å². The summed E-state index contributed by atoms with van der Waals surface area (Å²) in [4.78, 5) is 23.6. The number of imide groups is 1. The lowest BCUT2D eigenvalue weighted by Crippen LogP contribution is -2.41. The van der Waals surface area contributed by atoms with Crippen LogP contribution in [0.15, 0.2) is 48.5 Å². The summed E-state index contributed by atoms with van der Waals surface area (Å²) in [6.45, 7) is -1.29. The first-order valence-corrected chi connectivity index (χ1v) is 7.85. The first-order chi connectivity index (χ1) is 12.5. The molecule has 0 aliphatic carbocycles. The van der Waals surface area contributed by atoms with Gasteiger partial charge in [-0.25, -0.2) is 4.79 Å². The molecule has 3 amide bonds. The van der Waals surface area contributed by atoms with Crippen LogP contribution in [-0.2, 0) is 11.3 Å². The van der Waals surface area contributed by atoms with E-state index in [1.165, 1.54) is 6.07 Å². The molecule has 0 bridgehead atoms. The number of para-hydroxylation sites is 1. The second-order valence-electron chi connectivity index (χ2n) is 5.40. The van der Waals surface area contributed by atoms with Crippen molar-refractivity contribution in [1.29, 1.82) is 0 Å². The van der Waals surface area contributed by atoms with Crippen molar-refractivity contribution in [2.45, 2.75) is 20.1 Å². The Kier molecular flexibility index (Phi) is 6.90. The molecule has 0 saturated carbocycles. The van der Waals surface area contributed by atoms with E-state index in [4.69, 9.17) is 0 Å². The lowest BCUT2D eigenvalue weighted by Gasteiger charge is -2.15. The molecule has 0 heterocycles. The smallest absolute Gasteiger partial charge is 0.387 e. The Balaban J connectivity index is 1.84.